The Hall–Kier alpha value is -1.69. The standard InChI is InChI=1S/C7H9N3O3/c1-13-4-3-9-5(2-8)10-6(4)7(11)12/h3H,2,8H2,1H3,(H,11,12). The minimum atomic E-state index is -1.16. The zero-order valence-electron chi connectivity index (χ0n) is 7.02. The van der Waals surface area contributed by atoms with Gasteiger partial charge in [0.05, 0.1) is 19.9 Å². The number of ether oxygens (including phenoxy) is 1. The van der Waals surface area contributed by atoms with Crippen LogP contribution in [0, 0.1) is 0 Å². The van der Waals surface area contributed by atoms with E-state index in [0.717, 1.165) is 0 Å². The van der Waals surface area contributed by atoms with Gasteiger partial charge in [0.1, 0.15) is 5.82 Å². The molecule has 1 rings (SSSR count). The van der Waals surface area contributed by atoms with Crippen LogP contribution in [-0.4, -0.2) is 28.2 Å². The molecular weight excluding hydrogens is 174 g/mol. The molecule has 0 aliphatic carbocycles. The fourth-order valence-electron chi connectivity index (χ4n) is 0.808. The van der Waals surface area contributed by atoms with E-state index in [2.05, 4.69) is 9.97 Å². The van der Waals surface area contributed by atoms with E-state index in [4.69, 9.17) is 15.6 Å². The lowest BCUT2D eigenvalue weighted by Crippen LogP contribution is -2.10. The van der Waals surface area contributed by atoms with Crippen molar-refractivity contribution in [1.29, 1.82) is 0 Å². The fraction of sp³-hybridized carbons (Fsp3) is 0.286. The van der Waals surface area contributed by atoms with E-state index >= 15 is 0 Å². The van der Waals surface area contributed by atoms with Crippen molar-refractivity contribution in [3.8, 4) is 5.75 Å². The van der Waals surface area contributed by atoms with Crippen molar-refractivity contribution in [2.24, 2.45) is 5.73 Å². The molecule has 0 spiro atoms. The summed E-state index contributed by atoms with van der Waals surface area (Å²) >= 11 is 0. The van der Waals surface area contributed by atoms with E-state index in [0.29, 0.717) is 0 Å². The maximum absolute atomic E-state index is 10.6. The predicted molar refractivity (Wildman–Crippen MR) is 43.4 cm³/mol. The zero-order valence-corrected chi connectivity index (χ0v) is 7.02. The van der Waals surface area contributed by atoms with Crippen molar-refractivity contribution < 1.29 is 14.6 Å². The van der Waals surface area contributed by atoms with E-state index in [1.54, 1.807) is 0 Å². The lowest BCUT2D eigenvalue weighted by atomic mass is 10.3. The van der Waals surface area contributed by atoms with Crippen molar-refractivity contribution in [3.63, 3.8) is 0 Å². The van der Waals surface area contributed by atoms with Gasteiger partial charge in [-0.3, -0.25) is 0 Å². The fourth-order valence-corrected chi connectivity index (χ4v) is 0.808. The molecule has 0 aromatic carbocycles. The largest absolute Gasteiger partial charge is 0.493 e. The highest BCUT2D eigenvalue weighted by atomic mass is 16.5. The van der Waals surface area contributed by atoms with E-state index in [9.17, 15) is 4.79 Å². The average Bonchev–Trinajstić information content (AvgIpc) is 2.16. The Morgan fingerprint density at radius 3 is 2.92 bits per heavy atom. The number of hydrogen-bond donors (Lipinski definition) is 2. The van der Waals surface area contributed by atoms with E-state index in [1.165, 1.54) is 13.3 Å². The molecule has 1 aromatic rings. The van der Waals surface area contributed by atoms with Gasteiger partial charge in [-0.1, -0.05) is 0 Å². The molecule has 0 radical (unpaired) electrons. The summed E-state index contributed by atoms with van der Waals surface area (Å²) in [6.07, 6.45) is 1.29. The van der Waals surface area contributed by atoms with Gasteiger partial charge in [-0.2, -0.15) is 0 Å². The molecule has 70 valence electrons. The highest BCUT2D eigenvalue weighted by molar-refractivity contribution is 5.88. The van der Waals surface area contributed by atoms with Gasteiger partial charge in [0, 0.05) is 0 Å². The summed E-state index contributed by atoms with van der Waals surface area (Å²) in [6.45, 7) is 0.101. The number of carboxylic acids is 1. The molecule has 0 atom stereocenters. The number of hydrogen-bond acceptors (Lipinski definition) is 5. The summed E-state index contributed by atoms with van der Waals surface area (Å²) in [5.41, 5.74) is 5.08. The SMILES string of the molecule is COc1cnc(CN)nc1C(=O)O. The quantitative estimate of drug-likeness (QED) is 0.664. The summed E-state index contributed by atoms with van der Waals surface area (Å²) in [7, 11) is 1.35. The van der Waals surface area contributed by atoms with Crippen LogP contribution in [0.1, 0.15) is 16.3 Å². The third-order valence-corrected chi connectivity index (χ3v) is 1.41. The number of carbonyl (C=O) groups is 1. The Bertz CT molecular complexity index is 327. The van der Waals surface area contributed by atoms with Crippen LogP contribution in [0.25, 0.3) is 0 Å². The lowest BCUT2D eigenvalue weighted by Gasteiger charge is -2.03. The normalized spacial score (nSPS) is 9.69. The molecule has 0 saturated heterocycles. The number of nitrogens with two attached hydrogens (primary N) is 1. The van der Waals surface area contributed by atoms with Gasteiger partial charge in [0.25, 0.3) is 0 Å². The molecule has 6 nitrogen and oxygen atoms in total. The molecule has 0 aliphatic heterocycles. The second-order valence-electron chi connectivity index (χ2n) is 2.21. The molecule has 1 heterocycles. The van der Waals surface area contributed by atoms with Crippen molar-refractivity contribution >= 4 is 5.97 Å². The molecule has 0 fully saturated rings. The van der Waals surface area contributed by atoms with Crippen LogP contribution in [-0.2, 0) is 6.54 Å². The van der Waals surface area contributed by atoms with Gasteiger partial charge in [-0.15, -0.1) is 0 Å². The molecule has 0 aliphatic rings. The summed E-state index contributed by atoms with van der Waals surface area (Å²) in [4.78, 5) is 18.1. The van der Waals surface area contributed by atoms with Gasteiger partial charge in [0.15, 0.2) is 11.4 Å². The van der Waals surface area contributed by atoms with Crippen LogP contribution in [0.4, 0.5) is 0 Å². The van der Waals surface area contributed by atoms with Crippen LogP contribution in [0.15, 0.2) is 6.20 Å². The highest BCUT2D eigenvalue weighted by Crippen LogP contribution is 2.13. The van der Waals surface area contributed by atoms with Crippen LogP contribution in [0.2, 0.25) is 0 Å². The van der Waals surface area contributed by atoms with Crippen LogP contribution in [0.3, 0.4) is 0 Å². The van der Waals surface area contributed by atoms with Crippen molar-refractivity contribution in [1.82, 2.24) is 9.97 Å². The second kappa shape index (κ2) is 3.81. The number of nitrogens with zero attached hydrogens (tertiary/aromatic N) is 2. The topological polar surface area (TPSA) is 98.3 Å². The van der Waals surface area contributed by atoms with Crippen molar-refractivity contribution in [2.75, 3.05) is 7.11 Å². The molecule has 0 unspecified atom stereocenters. The van der Waals surface area contributed by atoms with Gasteiger partial charge in [-0.25, -0.2) is 14.8 Å². The lowest BCUT2D eigenvalue weighted by molar-refractivity contribution is 0.0686. The molecule has 0 amide bonds. The van der Waals surface area contributed by atoms with E-state index in [1.807, 2.05) is 0 Å². The first kappa shape index (κ1) is 9.40. The molecule has 0 bridgehead atoms. The average molecular weight is 183 g/mol. The summed E-state index contributed by atoms with van der Waals surface area (Å²) in [5, 5.41) is 8.71. The van der Waals surface area contributed by atoms with Gasteiger partial charge in [0.2, 0.25) is 0 Å². The van der Waals surface area contributed by atoms with Crippen molar-refractivity contribution in [2.45, 2.75) is 6.54 Å². The Morgan fingerprint density at radius 2 is 2.46 bits per heavy atom. The van der Waals surface area contributed by atoms with Crippen LogP contribution in [0.5, 0.6) is 5.75 Å². The Labute approximate surface area is 74.4 Å². The van der Waals surface area contributed by atoms with E-state index < -0.39 is 5.97 Å². The number of aromatic carboxylic acids is 1. The summed E-state index contributed by atoms with van der Waals surface area (Å²) in [6, 6.07) is 0. The number of methoxy groups -OCH3 is 1. The minimum absolute atomic E-state index is 0.101. The van der Waals surface area contributed by atoms with Crippen molar-refractivity contribution in [3.05, 3.63) is 17.7 Å². The summed E-state index contributed by atoms with van der Waals surface area (Å²) < 4.78 is 4.76. The summed E-state index contributed by atoms with van der Waals surface area (Å²) in [5.74, 6) is -0.753. The molecule has 3 N–H and O–H groups in total. The van der Waals surface area contributed by atoms with Crippen LogP contribution >= 0.6 is 0 Å². The predicted octanol–water partition coefficient (Wildman–Crippen LogP) is -0.358. The maximum atomic E-state index is 10.6. The first-order chi connectivity index (χ1) is 6.19. The Kier molecular flexibility index (Phi) is 2.76. The third kappa shape index (κ3) is 1.91. The van der Waals surface area contributed by atoms with Gasteiger partial charge < -0.3 is 15.6 Å². The molecule has 13 heavy (non-hydrogen) atoms. The zero-order chi connectivity index (χ0) is 9.84. The monoisotopic (exact) mass is 183 g/mol. The second-order valence-corrected chi connectivity index (χ2v) is 2.21. The first-order valence-corrected chi connectivity index (χ1v) is 3.52. The van der Waals surface area contributed by atoms with E-state index in [-0.39, 0.29) is 23.8 Å². The van der Waals surface area contributed by atoms with Gasteiger partial charge in [-0.05, 0) is 0 Å². The van der Waals surface area contributed by atoms with Crippen LogP contribution < -0.4 is 10.5 Å². The number of rotatable bonds is 3. The van der Waals surface area contributed by atoms with Gasteiger partial charge >= 0.3 is 5.97 Å². The first-order valence-electron chi connectivity index (χ1n) is 3.52. The minimum Gasteiger partial charge on any atom is -0.493 e. The Balaban J connectivity index is 3.18. The highest BCUT2D eigenvalue weighted by Gasteiger charge is 2.13. The third-order valence-electron chi connectivity index (χ3n) is 1.41. The molecule has 0 saturated carbocycles. The smallest absolute Gasteiger partial charge is 0.358 e. The maximum Gasteiger partial charge on any atom is 0.358 e. The Morgan fingerprint density at radius 1 is 1.77 bits per heavy atom. The molecule has 6 heteroatoms. The number of carboxylic acid groups (broad SMARTS) is 1. The molecular formula is C7H9N3O3. The molecule has 1 aromatic heterocycles. The number of aromatic nitrogens is 2.